The fraction of sp³-hybridized carbons (Fsp3) is 0.900. The van der Waals surface area contributed by atoms with Crippen LogP contribution in [0.5, 0.6) is 0 Å². The van der Waals surface area contributed by atoms with E-state index >= 15 is 0 Å². The van der Waals surface area contributed by atoms with Gasteiger partial charge in [-0.25, -0.2) is 4.79 Å². The minimum absolute atomic E-state index is 0.131. The zero-order chi connectivity index (χ0) is 9.97. The summed E-state index contributed by atoms with van der Waals surface area (Å²) in [6.07, 6.45) is 4.74. The number of nitrogens with zero attached hydrogens (tertiary/aromatic N) is 1. The van der Waals surface area contributed by atoms with E-state index in [4.69, 9.17) is 9.47 Å². The molecule has 1 aliphatic heterocycles. The summed E-state index contributed by atoms with van der Waals surface area (Å²) in [6.45, 7) is 3.08. The molecule has 2 fully saturated rings. The normalized spacial score (nSPS) is 25.5. The first-order valence-electron chi connectivity index (χ1n) is 5.36. The van der Waals surface area contributed by atoms with Gasteiger partial charge >= 0.3 is 6.09 Å². The molecule has 0 bridgehead atoms. The van der Waals surface area contributed by atoms with Crippen molar-refractivity contribution in [2.75, 3.05) is 13.2 Å². The zero-order valence-corrected chi connectivity index (χ0v) is 8.57. The number of amides is 1. The Bertz CT molecular complexity index is 213. The largest absolute Gasteiger partial charge is 0.447 e. The molecule has 0 aromatic heterocycles. The van der Waals surface area contributed by atoms with E-state index in [1.807, 2.05) is 6.92 Å². The molecule has 1 aliphatic carbocycles. The Morgan fingerprint density at radius 2 is 2.21 bits per heavy atom. The van der Waals surface area contributed by atoms with Crippen molar-refractivity contribution in [1.82, 2.24) is 4.90 Å². The third-order valence-electron chi connectivity index (χ3n) is 2.92. The highest BCUT2D eigenvalue weighted by molar-refractivity contribution is 5.69. The summed E-state index contributed by atoms with van der Waals surface area (Å²) < 4.78 is 10.6. The Kier molecular flexibility index (Phi) is 2.91. The fourth-order valence-corrected chi connectivity index (χ4v) is 2.11. The maximum Gasteiger partial charge on any atom is 0.412 e. The standard InChI is InChI=1S/C10H17NO3/c1-8(11-6-7-13-10(11)12)14-9-4-2-3-5-9/h8-9H,2-7H2,1H3. The Morgan fingerprint density at radius 3 is 2.79 bits per heavy atom. The van der Waals surface area contributed by atoms with Crippen LogP contribution in [0.2, 0.25) is 0 Å². The predicted molar refractivity (Wildman–Crippen MR) is 50.9 cm³/mol. The Morgan fingerprint density at radius 1 is 1.50 bits per heavy atom. The van der Waals surface area contributed by atoms with Gasteiger partial charge in [0, 0.05) is 0 Å². The molecule has 1 amide bonds. The molecule has 4 nitrogen and oxygen atoms in total. The van der Waals surface area contributed by atoms with Crippen LogP contribution in [0.15, 0.2) is 0 Å². The summed E-state index contributed by atoms with van der Waals surface area (Å²) >= 11 is 0. The van der Waals surface area contributed by atoms with Crippen LogP contribution in [-0.2, 0) is 9.47 Å². The molecule has 4 heteroatoms. The lowest BCUT2D eigenvalue weighted by Gasteiger charge is -2.25. The van der Waals surface area contributed by atoms with E-state index in [1.54, 1.807) is 4.90 Å². The van der Waals surface area contributed by atoms with Crippen molar-refractivity contribution in [3.8, 4) is 0 Å². The van der Waals surface area contributed by atoms with E-state index in [0.717, 1.165) is 12.8 Å². The van der Waals surface area contributed by atoms with Crippen molar-refractivity contribution in [2.45, 2.75) is 44.9 Å². The van der Waals surface area contributed by atoms with Gasteiger partial charge in [0.25, 0.3) is 0 Å². The number of ether oxygens (including phenoxy) is 2. The highest BCUT2D eigenvalue weighted by atomic mass is 16.6. The second-order valence-electron chi connectivity index (χ2n) is 3.95. The van der Waals surface area contributed by atoms with Gasteiger partial charge in [-0.2, -0.15) is 0 Å². The number of hydrogen-bond acceptors (Lipinski definition) is 3. The minimum atomic E-state index is -0.240. The molecule has 0 aromatic rings. The number of carbonyl (C=O) groups is 1. The molecular formula is C10H17NO3. The number of hydrogen-bond donors (Lipinski definition) is 0. The number of carbonyl (C=O) groups excluding carboxylic acids is 1. The van der Waals surface area contributed by atoms with Crippen molar-refractivity contribution < 1.29 is 14.3 Å². The summed E-state index contributed by atoms with van der Waals surface area (Å²) in [5, 5.41) is 0. The Balaban J connectivity index is 1.81. The first-order chi connectivity index (χ1) is 6.77. The van der Waals surface area contributed by atoms with Crippen LogP contribution >= 0.6 is 0 Å². The van der Waals surface area contributed by atoms with E-state index in [2.05, 4.69) is 0 Å². The monoisotopic (exact) mass is 199 g/mol. The van der Waals surface area contributed by atoms with Crippen LogP contribution in [0.4, 0.5) is 4.79 Å². The molecule has 1 unspecified atom stereocenters. The average molecular weight is 199 g/mol. The lowest BCUT2D eigenvalue weighted by molar-refractivity contribution is -0.0636. The molecule has 0 aromatic carbocycles. The highest BCUT2D eigenvalue weighted by Gasteiger charge is 2.29. The zero-order valence-electron chi connectivity index (χ0n) is 8.57. The topological polar surface area (TPSA) is 38.8 Å². The molecule has 2 aliphatic rings. The second kappa shape index (κ2) is 4.17. The highest BCUT2D eigenvalue weighted by Crippen LogP contribution is 2.23. The van der Waals surface area contributed by atoms with Gasteiger partial charge in [-0.1, -0.05) is 12.8 Å². The lowest BCUT2D eigenvalue weighted by atomic mass is 10.3. The van der Waals surface area contributed by atoms with Gasteiger partial charge in [0.2, 0.25) is 0 Å². The van der Waals surface area contributed by atoms with E-state index in [9.17, 15) is 4.79 Å². The smallest absolute Gasteiger partial charge is 0.412 e. The quantitative estimate of drug-likeness (QED) is 0.695. The van der Waals surface area contributed by atoms with Crippen molar-refractivity contribution >= 4 is 6.09 Å². The van der Waals surface area contributed by atoms with Gasteiger partial charge in [0.05, 0.1) is 12.6 Å². The van der Waals surface area contributed by atoms with Crippen LogP contribution < -0.4 is 0 Å². The van der Waals surface area contributed by atoms with Gasteiger partial charge in [-0.3, -0.25) is 4.90 Å². The van der Waals surface area contributed by atoms with Crippen molar-refractivity contribution in [3.05, 3.63) is 0 Å². The van der Waals surface area contributed by atoms with Crippen LogP contribution in [-0.4, -0.2) is 36.5 Å². The molecule has 1 saturated heterocycles. The van der Waals surface area contributed by atoms with E-state index in [1.165, 1.54) is 12.8 Å². The molecule has 14 heavy (non-hydrogen) atoms. The van der Waals surface area contributed by atoms with Gasteiger partial charge in [-0.05, 0) is 19.8 Å². The lowest BCUT2D eigenvalue weighted by Crippen LogP contribution is -2.37. The van der Waals surface area contributed by atoms with Crippen LogP contribution in [0.3, 0.4) is 0 Å². The molecule has 1 saturated carbocycles. The maximum atomic E-state index is 11.2. The Hall–Kier alpha value is -0.770. The predicted octanol–water partition coefficient (Wildman–Crippen LogP) is 1.74. The van der Waals surface area contributed by atoms with Crippen LogP contribution in [0.25, 0.3) is 0 Å². The minimum Gasteiger partial charge on any atom is -0.447 e. The summed E-state index contributed by atoms with van der Waals surface area (Å²) in [5.41, 5.74) is 0. The molecule has 80 valence electrons. The van der Waals surface area contributed by atoms with Gasteiger partial charge in [0.1, 0.15) is 12.8 Å². The van der Waals surface area contributed by atoms with E-state index in [0.29, 0.717) is 19.3 Å². The molecule has 1 atom stereocenters. The Labute approximate surface area is 84.2 Å². The molecule has 0 N–H and O–H groups in total. The van der Waals surface area contributed by atoms with Gasteiger partial charge < -0.3 is 9.47 Å². The van der Waals surface area contributed by atoms with Gasteiger partial charge in [0.15, 0.2) is 0 Å². The fourth-order valence-electron chi connectivity index (χ4n) is 2.11. The van der Waals surface area contributed by atoms with Gasteiger partial charge in [-0.15, -0.1) is 0 Å². The van der Waals surface area contributed by atoms with E-state index < -0.39 is 0 Å². The van der Waals surface area contributed by atoms with E-state index in [-0.39, 0.29) is 12.3 Å². The molecule has 0 radical (unpaired) electrons. The van der Waals surface area contributed by atoms with Crippen molar-refractivity contribution in [2.24, 2.45) is 0 Å². The SMILES string of the molecule is CC(OC1CCCC1)N1CCOC1=O. The molecule has 0 spiro atoms. The number of rotatable bonds is 3. The molecule has 2 rings (SSSR count). The molecule has 1 heterocycles. The van der Waals surface area contributed by atoms with Crippen LogP contribution in [0, 0.1) is 0 Å². The first kappa shape index (κ1) is 9.77. The van der Waals surface area contributed by atoms with Crippen LogP contribution in [0.1, 0.15) is 32.6 Å². The summed E-state index contributed by atoms with van der Waals surface area (Å²) in [7, 11) is 0. The maximum absolute atomic E-state index is 11.2. The summed E-state index contributed by atoms with van der Waals surface area (Å²) in [4.78, 5) is 12.9. The third kappa shape index (κ3) is 2.00. The number of cyclic esters (lactones) is 1. The molecular weight excluding hydrogens is 182 g/mol. The average Bonchev–Trinajstić information content (AvgIpc) is 2.75. The summed E-state index contributed by atoms with van der Waals surface area (Å²) in [6, 6.07) is 0. The first-order valence-corrected chi connectivity index (χ1v) is 5.36. The summed E-state index contributed by atoms with van der Waals surface area (Å²) in [5.74, 6) is 0. The second-order valence-corrected chi connectivity index (χ2v) is 3.95. The van der Waals surface area contributed by atoms with Crippen molar-refractivity contribution in [1.29, 1.82) is 0 Å². The van der Waals surface area contributed by atoms with Crippen molar-refractivity contribution in [3.63, 3.8) is 0 Å². The third-order valence-corrected chi connectivity index (χ3v) is 2.92.